The molecule has 0 radical (unpaired) electrons. The second-order valence-corrected chi connectivity index (χ2v) is 3.06. The van der Waals surface area contributed by atoms with Crippen molar-refractivity contribution in [2.45, 2.75) is 33.6 Å². The smallest absolute Gasteiger partial charge is 0.314 e. The van der Waals surface area contributed by atoms with Crippen LogP contribution in [0.15, 0.2) is 12.2 Å². The van der Waals surface area contributed by atoms with Crippen molar-refractivity contribution in [3.63, 3.8) is 0 Å². The Labute approximate surface area is 86.3 Å². The molecule has 0 rings (SSSR count). The number of hydrogen-bond donors (Lipinski definition) is 0. The molecule has 0 aromatic rings. The first kappa shape index (κ1) is 12.8. The molecule has 0 amide bonds. The lowest BCUT2D eigenvalue weighted by Crippen LogP contribution is -2.18. The van der Waals surface area contributed by atoms with E-state index in [4.69, 9.17) is 4.74 Å². The Morgan fingerprint density at radius 3 is 2.50 bits per heavy atom. The Balaban J connectivity index is 4.29. The fraction of sp³-hybridized carbons (Fsp3) is 0.583. The fourth-order valence-corrected chi connectivity index (χ4v) is 1.00. The van der Waals surface area contributed by atoms with Gasteiger partial charge in [0.1, 0.15) is 0 Å². The molecule has 0 saturated heterocycles. The van der Waals surface area contributed by atoms with Crippen LogP contribution in [0.2, 0.25) is 0 Å². The third-order valence-corrected chi connectivity index (χ3v) is 1.77. The number of carbonyl (C=O) groups excluding carboxylic acids is 1. The van der Waals surface area contributed by atoms with Crippen LogP contribution >= 0.6 is 0 Å². The van der Waals surface area contributed by atoms with Gasteiger partial charge in [0.2, 0.25) is 0 Å². The topological polar surface area (TPSA) is 26.3 Å². The van der Waals surface area contributed by atoms with Crippen molar-refractivity contribution in [1.82, 2.24) is 0 Å². The SMILES string of the molecule is C=C(C)C(CC#CCC)C(=O)OCC. The average Bonchev–Trinajstić information content (AvgIpc) is 2.12. The van der Waals surface area contributed by atoms with Crippen molar-refractivity contribution >= 4 is 5.97 Å². The van der Waals surface area contributed by atoms with Gasteiger partial charge in [-0.05, 0) is 13.8 Å². The highest BCUT2D eigenvalue weighted by molar-refractivity contribution is 5.75. The summed E-state index contributed by atoms with van der Waals surface area (Å²) >= 11 is 0. The zero-order valence-corrected chi connectivity index (χ0v) is 9.22. The standard InChI is InChI=1S/C12H18O2/c1-5-7-8-9-11(10(3)4)12(13)14-6-2/h11H,3,5-6,9H2,1-2,4H3. The largest absolute Gasteiger partial charge is 0.466 e. The highest BCUT2D eigenvalue weighted by Crippen LogP contribution is 2.14. The monoisotopic (exact) mass is 194 g/mol. The molecule has 0 aliphatic carbocycles. The number of rotatable bonds is 4. The minimum absolute atomic E-state index is 0.217. The van der Waals surface area contributed by atoms with Crippen LogP contribution in [0.3, 0.4) is 0 Å². The second kappa shape index (κ2) is 7.20. The van der Waals surface area contributed by atoms with Gasteiger partial charge in [0, 0.05) is 12.8 Å². The molecule has 0 spiro atoms. The predicted molar refractivity (Wildman–Crippen MR) is 57.6 cm³/mol. The summed E-state index contributed by atoms with van der Waals surface area (Å²) in [5.74, 6) is 5.39. The zero-order chi connectivity index (χ0) is 11.0. The van der Waals surface area contributed by atoms with Crippen LogP contribution in [-0.4, -0.2) is 12.6 Å². The summed E-state index contributed by atoms with van der Waals surface area (Å²) in [6.45, 7) is 9.78. The van der Waals surface area contributed by atoms with Crippen LogP contribution in [0.1, 0.15) is 33.6 Å². The van der Waals surface area contributed by atoms with Crippen LogP contribution in [0, 0.1) is 17.8 Å². The van der Waals surface area contributed by atoms with E-state index in [0.29, 0.717) is 13.0 Å². The molecular formula is C12H18O2. The zero-order valence-electron chi connectivity index (χ0n) is 9.22. The van der Waals surface area contributed by atoms with Gasteiger partial charge in [-0.3, -0.25) is 4.79 Å². The third kappa shape index (κ3) is 4.71. The van der Waals surface area contributed by atoms with E-state index in [0.717, 1.165) is 12.0 Å². The van der Waals surface area contributed by atoms with Crippen LogP contribution < -0.4 is 0 Å². The van der Waals surface area contributed by atoms with Gasteiger partial charge in [-0.2, -0.15) is 0 Å². The van der Waals surface area contributed by atoms with E-state index in [9.17, 15) is 4.79 Å². The molecule has 78 valence electrons. The predicted octanol–water partition coefficient (Wildman–Crippen LogP) is 2.55. The van der Waals surface area contributed by atoms with Crippen LogP contribution in [0.4, 0.5) is 0 Å². The maximum absolute atomic E-state index is 11.4. The highest BCUT2D eigenvalue weighted by atomic mass is 16.5. The number of ether oxygens (including phenoxy) is 1. The molecule has 14 heavy (non-hydrogen) atoms. The Morgan fingerprint density at radius 2 is 2.07 bits per heavy atom. The maximum atomic E-state index is 11.4. The van der Waals surface area contributed by atoms with Crippen molar-refractivity contribution in [2.24, 2.45) is 5.92 Å². The van der Waals surface area contributed by atoms with Gasteiger partial charge in [0.05, 0.1) is 12.5 Å². The van der Waals surface area contributed by atoms with Crippen molar-refractivity contribution in [3.8, 4) is 11.8 Å². The first-order valence-corrected chi connectivity index (χ1v) is 4.91. The van der Waals surface area contributed by atoms with Crippen LogP contribution in [0.5, 0.6) is 0 Å². The molecule has 1 atom stereocenters. The Hall–Kier alpha value is -1.23. The highest BCUT2D eigenvalue weighted by Gasteiger charge is 2.18. The molecule has 2 heteroatoms. The quantitative estimate of drug-likeness (QED) is 0.390. The number of carbonyl (C=O) groups is 1. The molecule has 2 nitrogen and oxygen atoms in total. The Kier molecular flexibility index (Phi) is 6.57. The van der Waals surface area contributed by atoms with Gasteiger partial charge in [-0.1, -0.05) is 19.1 Å². The van der Waals surface area contributed by atoms with E-state index in [1.807, 2.05) is 13.8 Å². The normalized spacial score (nSPS) is 11.1. The molecule has 0 aliphatic rings. The van der Waals surface area contributed by atoms with Crippen LogP contribution in [-0.2, 0) is 9.53 Å². The summed E-state index contributed by atoms with van der Waals surface area (Å²) in [5.41, 5.74) is 0.814. The summed E-state index contributed by atoms with van der Waals surface area (Å²) in [6, 6.07) is 0. The van der Waals surface area contributed by atoms with E-state index in [2.05, 4.69) is 18.4 Å². The fourth-order valence-electron chi connectivity index (χ4n) is 1.00. The molecule has 0 bridgehead atoms. The summed E-state index contributed by atoms with van der Waals surface area (Å²) in [4.78, 5) is 11.4. The van der Waals surface area contributed by atoms with Crippen molar-refractivity contribution in [1.29, 1.82) is 0 Å². The van der Waals surface area contributed by atoms with Gasteiger partial charge >= 0.3 is 5.97 Å². The minimum Gasteiger partial charge on any atom is -0.466 e. The average molecular weight is 194 g/mol. The summed E-state index contributed by atoms with van der Waals surface area (Å²) in [5, 5.41) is 0. The van der Waals surface area contributed by atoms with E-state index >= 15 is 0 Å². The van der Waals surface area contributed by atoms with Gasteiger partial charge in [0.15, 0.2) is 0 Å². The molecule has 0 heterocycles. The summed E-state index contributed by atoms with van der Waals surface area (Å²) in [7, 11) is 0. The third-order valence-electron chi connectivity index (χ3n) is 1.77. The Bertz CT molecular complexity index is 255. The van der Waals surface area contributed by atoms with Gasteiger partial charge in [0.25, 0.3) is 0 Å². The lowest BCUT2D eigenvalue weighted by Gasteiger charge is -2.12. The van der Waals surface area contributed by atoms with Crippen LogP contribution in [0.25, 0.3) is 0 Å². The van der Waals surface area contributed by atoms with Gasteiger partial charge in [-0.15, -0.1) is 11.8 Å². The van der Waals surface area contributed by atoms with Gasteiger partial charge in [-0.25, -0.2) is 0 Å². The lowest BCUT2D eigenvalue weighted by molar-refractivity contribution is -0.146. The molecule has 0 fully saturated rings. The molecule has 0 aromatic carbocycles. The van der Waals surface area contributed by atoms with Crippen molar-refractivity contribution < 1.29 is 9.53 Å². The van der Waals surface area contributed by atoms with Crippen molar-refractivity contribution in [2.75, 3.05) is 6.61 Å². The van der Waals surface area contributed by atoms with Crippen molar-refractivity contribution in [3.05, 3.63) is 12.2 Å². The summed E-state index contributed by atoms with van der Waals surface area (Å²) < 4.78 is 4.93. The van der Waals surface area contributed by atoms with E-state index in [1.165, 1.54) is 0 Å². The second-order valence-electron chi connectivity index (χ2n) is 3.06. The number of hydrogen-bond acceptors (Lipinski definition) is 2. The summed E-state index contributed by atoms with van der Waals surface area (Å²) in [6.07, 6.45) is 1.33. The molecule has 1 unspecified atom stereocenters. The molecule has 0 aliphatic heterocycles. The molecule has 0 aromatic heterocycles. The molecule has 0 saturated carbocycles. The first-order chi connectivity index (χ1) is 6.63. The lowest BCUT2D eigenvalue weighted by atomic mass is 9.98. The van der Waals surface area contributed by atoms with E-state index in [1.54, 1.807) is 6.92 Å². The van der Waals surface area contributed by atoms with E-state index < -0.39 is 0 Å². The molecular weight excluding hydrogens is 176 g/mol. The van der Waals surface area contributed by atoms with E-state index in [-0.39, 0.29) is 11.9 Å². The van der Waals surface area contributed by atoms with Gasteiger partial charge < -0.3 is 4.74 Å². The molecule has 0 N–H and O–H groups in total. The Morgan fingerprint density at radius 1 is 1.43 bits per heavy atom. The minimum atomic E-state index is -0.269. The first-order valence-electron chi connectivity index (χ1n) is 4.91. The maximum Gasteiger partial charge on any atom is 0.314 e. The number of esters is 1.